The molecule has 0 saturated heterocycles. The van der Waals surface area contributed by atoms with Crippen molar-refractivity contribution in [2.75, 3.05) is 6.54 Å². The molecule has 3 N–H and O–H groups in total. The van der Waals surface area contributed by atoms with Crippen LogP contribution >= 0.6 is 0 Å². The van der Waals surface area contributed by atoms with Crippen LogP contribution in [0.1, 0.15) is 34.8 Å². The van der Waals surface area contributed by atoms with Crippen LogP contribution in [0.2, 0.25) is 0 Å². The zero-order valence-electron chi connectivity index (χ0n) is 13.9. The molecule has 0 saturated carbocycles. The molecule has 4 heteroatoms. The predicted molar refractivity (Wildman–Crippen MR) is 97.9 cm³/mol. The number of H-pyrrole nitrogens is 1. The Hall–Kier alpha value is -2.59. The minimum Gasteiger partial charge on any atom is -0.361 e. The number of carbonyl (C=O) groups is 1. The van der Waals surface area contributed by atoms with Gasteiger partial charge in [0.1, 0.15) is 0 Å². The van der Waals surface area contributed by atoms with Crippen molar-refractivity contribution in [2.45, 2.75) is 26.4 Å². The fraction of sp³-hybridized carbons (Fsp3) is 0.250. The Labute approximate surface area is 142 Å². The molecular weight excluding hydrogens is 298 g/mol. The van der Waals surface area contributed by atoms with Crippen molar-refractivity contribution in [1.82, 2.24) is 15.6 Å². The predicted octanol–water partition coefficient (Wildman–Crippen LogP) is 3.60. The second-order valence-corrected chi connectivity index (χ2v) is 5.92. The van der Waals surface area contributed by atoms with Crippen LogP contribution in [0.25, 0.3) is 10.9 Å². The molecule has 3 rings (SSSR count). The Morgan fingerprint density at radius 3 is 2.83 bits per heavy atom. The lowest BCUT2D eigenvalue weighted by molar-refractivity contribution is 0.0953. The highest BCUT2D eigenvalue weighted by Gasteiger charge is 2.05. The molecule has 24 heavy (non-hydrogen) atoms. The third-order valence-electron chi connectivity index (χ3n) is 4.05. The van der Waals surface area contributed by atoms with E-state index in [0.29, 0.717) is 6.54 Å². The normalized spacial score (nSPS) is 10.9. The van der Waals surface area contributed by atoms with Gasteiger partial charge in [-0.3, -0.25) is 4.79 Å². The van der Waals surface area contributed by atoms with Crippen molar-refractivity contribution in [3.63, 3.8) is 0 Å². The first kappa shape index (κ1) is 16.3. The molecule has 124 valence electrons. The van der Waals surface area contributed by atoms with E-state index in [-0.39, 0.29) is 5.91 Å². The van der Waals surface area contributed by atoms with Crippen LogP contribution in [0.15, 0.2) is 54.7 Å². The van der Waals surface area contributed by atoms with Crippen LogP contribution in [0.5, 0.6) is 0 Å². The molecule has 2 aromatic carbocycles. The molecule has 0 fully saturated rings. The monoisotopic (exact) mass is 321 g/mol. The van der Waals surface area contributed by atoms with E-state index in [4.69, 9.17) is 0 Å². The first-order valence-electron chi connectivity index (χ1n) is 8.41. The average molecular weight is 321 g/mol. The summed E-state index contributed by atoms with van der Waals surface area (Å²) >= 11 is 0. The topological polar surface area (TPSA) is 56.9 Å². The van der Waals surface area contributed by atoms with E-state index in [1.54, 1.807) is 0 Å². The molecule has 0 aliphatic rings. The lowest BCUT2D eigenvalue weighted by Crippen LogP contribution is -2.24. The van der Waals surface area contributed by atoms with E-state index in [2.05, 4.69) is 39.9 Å². The van der Waals surface area contributed by atoms with Gasteiger partial charge in [0.2, 0.25) is 0 Å². The fourth-order valence-electron chi connectivity index (χ4n) is 2.81. The summed E-state index contributed by atoms with van der Waals surface area (Å²) in [4.78, 5) is 15.3. The molecule has 3 aromatic rings. The number of benzene rings is 2. The molecule has 0 aliphatic heterocycles. The summed E-state index contributed by atoms with van der Waals surface area (Å²) in [6.07, 6.45) is 2.91. The van der Waals surface area contributed by atoms with E-state index in [1.807, 2.05) is 37.4 Å². The van der Waals surface area contributed by atoms with Crippen LogP contribution in [0.3, 0.4) is 0 Å². The Balaban J connectivity index is 1.61. The maximum Gasteiger partial charge on any atom is 0.251 e. The third kappa shape index (κ3) is 3.84. The molecule has 0 spiro atoms. The Morgan fingerprint density at radius 2 is 1.96 bits per heavy atom. The van der Waals surface area contributed by atoms with Gasteiger partial charge in [-0.15, -0.1) is 0 Å². The largest absolute Gasteiger partial charge is 0.361 e. The van der Waals surface area contributed by atoms with E-state index in [1.165, 1.54) is 10.9 Å². The highest BCUT2D eigenvalue weighted by atomic mass is 16.1. The second-order valence-electron chi connectivity index (χ2n) is 5.92. The van der Waals surface area contributed by atoms with Crippen LogP contribution in [-0.2, 0) is 13.1 Å². The van der Waals surface area contributed by atoms with Crippen LogP contribution in [0.4, 0.5) is 0 Å². The highest BCUT2D eigenvalue weighted by Crippen LogP contribution is 2.17. The van der Waals surface area contributed by atoms with Crippen molar-refractivity contribution in [2.24, 2.45) is 0 Å². The Kier molecular flexibility index (Phi) is 5.29. The van der Waals surface area contributed by atoms with Crippen molar-refractivity contribution < 1.29 is 4.79 Å². The fourth-order valence-corrected chi connectivity index (χ4v) is 2.81. The molecule has 1 amide bonds. The van der Waals surface area contributed by atoms with Gasteiger partial charge in [0.05, 0.1) is 0 Å². The summed E-state index contributed by atoms with van der Waals surface area (Å²) in [5, 5.41) is 7.62. The number of nitrogens with one attached hydrogen (secondary N) is 3. The molecular formula is C20H23N3O. The number of rotatable bonds is 7. The summed E-state index contributed by atoms with van der Waals surface area (Å²) < 4.78 is 0. The number of amides is 1. The van der Waals surface area contributed by atoms with Gasteiger partial charge in [-0.25, -0.2) is 0 Å². The Morgan fingerprint density at radius 1 is 1.08 bits per heavy atom. The third-order valence-corrected chi connectivity index (χ3v) is 4.05. The molecule has 4 nitrogen and oxygen atoms in total. The van der Waals surface area contributed by atoms with Crippen LogP contribution in [-0.4, -0.2) is 17.4 Å². The van der Waals surface area contributed by atoms with Gasteiger partial charge >= 0.3 is 0 Å². The number of hydrogen-bond acceptors (Lipinski definition) is 2. The number of aromatic amines is 1. The van der Waals surface area contributed by atoms with Crippen molar-refractivity contribution >= 4 is 16.8 Å². The van der Waals surface area contributed by atoms with Gasteiger partial charge < -0.3 is 15.6 Å². The SMILES string of the molecule is CCCNC(=O)c1cccc(CNCc2cccc3[nH]ccc23)c1. The molecule has 0 aliphatic carbocycles. The molecule has 1 heterocycles. The molecule has 0 radical (unpaired) electrons. The van der Waals surface area contributed by atoms with Gasteiger partial charge in [0.15, 0.2) is 0 Å². The zero-order valence-corrected chi connectivity index (χ0v) is 13.9. The summed E-state index contributed by atoms with van der Waals surface area (Å²) in [6, 6.07) is 16.2. The van der Waals surface area contributed by atoms with E-state index < -0.39 is 0 Å². The second kappa shape index (κ2) is 7.79. The molecule has 1 aromatic heterocycles. The minimum atomic E-state index is -0.00390. The maximum absolute atomic E-state index is 12.0. The van der Waals surface area contributed by atoms with Crippen molar-refractivity contribution in [3.05, 3.63) is 71.4 Å². The van der Waals surface area contributed by atoms with Crippen LogP contribution < -0.4 is 10.6 Å². The summed E-state index contributed by atoms with van der Waals surface area (Å²) in [7, 11) is 0. The molecule has 0 atom stereocenters. The Bertz CT molecular complexity index is 822. The van der Waals surface area contributed by atoms with Crippen molar-refractivity contribution in [3.8, 4) is 0 Å². The van der Waals surface area contributed by atoms with E-state index in [9.17, 15) is 4.79 Å². The van der Waals surface area contributed by atoms with Gasteiger partial charge in [0, 0.05) is 42.3 Å². The summed E-state index contributed by atoms with van der Waals surface area (Å²) in [5.41, 5.74) is 4.25. The first-order valence-corrected chi connectivity index (χ1v) is 8.41. The standard InChI is InChI=1S/C20H23N3O/c1-2-10-23-20(24)16-6-3-5-15(12-16)13-21-14-17-7-4-8-19-18(17)9-11-22-19/h3-9,11-12,21-22H,2,10,13-14H2,1H3,(H,23,24). The number of hydrogen-bond donors (Lipinski definition) is 3. The zero-order chi connectivity index (χ0) is 16.8. The quantitative estimate of drug-likeness (QED) is 0.623. The van der Waals surface area contributed by atoms with Gasteiger partial charge in [-0.1, -0.05) is 31.2 Å². The number of aromatic nitrogens is 1. The lowest BCUT2D eigenvalue weighted by atomic mass is 10.1. The van der Waals surface area contributed by atoms with Gasteiger partial charge in [-0.2, -0.15) is 0 Å². The molecule has 0 bridgehead atoms. The minimum absolute atomic E-state index is 0.00390. The smallest absolute Gasteiger partial charge is 0.251 e. The average Bonchev–Trinajstić information content (AvgIpc) is 3.09. The summed E-state index contributed by atoms with van der Waals surface area (Å²) in [6.45, 7) is 4.28. The van der Waals surface area contributed by atoms with Gasteiger partial charge in [-0.05, 0) is 41.8 Å². The molecule has 0 unspecified atom stereocenters. The van der Waals surface area contributed by atoms with E-state index >= 15 is 0 Å². The van der Waals surface area contributed by atoms with Crippen molar-refractivity contribution in [1.29, 1.82) is 0 Å². The number of carbonyl (C=O) groups excluding carboxylic acids is 1. The summed E-state index contributed by atoms with van der Waals surface area (Å²) in [5.74, 6) is -0.00390. The number of fused-ring (bicyclic) bond motifs is 1. The van der Waals surface area contributed by atoms with E-state index in [0.717, 1.165) is 36.2 Å². The highest BCUT2D eigenvalue weighted by molar-refractivity contribution is 5.94. The van der Waals surface area contributed by atoms with Crippen LogP contribution in [0, 0.1) is 0 Å². The first-order chi connectivity index (χ1) is 11.8. The van der Waals surface area contributed by atoms with Gasteiger partial charge in [0.25, 0.3) is 5.91 Å². The lowest BCUT2D eigenvalue weighted by Gasteiger charge is -2.08. The maximum atomic E-state index is 12.0.